The lowest BCUT2D eigenvalue weighted by atomic mass is 10.2. The van der Waals surface area contributed by atoms with Gasteiger partial charge in [-0.15, -0.1) is 0 Å². The van der Waals surface area contributed by atoms with Crippen LogP contribution in [-0.2, 0) is 19.6 Å². The maximum atomic E-state index is 12.6. The van der Waals surface area contributed by atoms with Gasteiger partial charge in [0.1, 0.15) is 0 Å². The van der Waals surface area contributed by atoms with Crippen LogP contribution in [0.25, 0.3) is 0 Å². The van der Waals surface area contributed by atoms with Gasteiger partial charge in [0.2, 0.25) is 5.89 Å². The van der Waals surface area contributed by atoms with E-state index < -0.39 is 6.43 Å². The minimum Gasteiger partial charge on any atom is -0.338 e. The van der Waals surface area contributed by atoms with Crippen molar-refractivity contribution in [3.05, 3.63) is 47.6 Å². The maximum Gasteiger partial charge on any atom is 0.251 e. The number of alkyl halides is 2. The summed E-state index contributed by atoms with van der Waals surface area (Å²) in [6.45, 7) is 0.391. The number of hydrogen-bond acceptors (Lipinski definition) is 5. The largest absolute Gasteiger partial charge is 0.338 e. The fraction of sp³-hybridized carbons (Fsp3) is 0.385. The lowest BCUT2D eigenvalue weighted by molar-refractivity contribution is 0.0792. The highest BCUT2D eigenvalue weighted by Crippen LogP contribution is 2.10. The lowest BCUT2D eigenvalue weighted by Gasteiger charge is -2.20. The first-order valence-corrected chi connectivity index (χ1v) is 6.23. The van der Waals surface area contributed by atoms with E-state index in [9.17, 15) is 8.78 Å². The van der Waals surface area contributed by atoms with E-state index in [0.29, 0.717) is 18.3 Å². The zero-order valence-electron chi connectivity index (χ0n) is 10.9. The summed E-state index contributed by atoms with van der Waals surface area (Å²) in [6, 6.07) is 9.40. The molecule has 0 aliphatic heterocycles. The van der Waals surface area contributed by atoms with Crippen LogP contribution in [0.2, 0.25) is 0 Å². The third-order valence-electron chi connectivity index (χ3n) is 2.70. The van der Waals surface area contributed by atoms with Gasteiger partial charge in [-0.25, -0.2) is 8.78 Å². The Morgan fingerprint density at radius 1 is 1.20 bits per heavy atom. The zero-order chi connectivity index (χ0) is 14.4. The molecule has 5 nitrogen and oxygen atoms in total. The van der Waals surface area contributed by atoms with Gasteiger partial charge in [-0.2, -0.15) is 4.98 Å². The average molecular weight is 282 g/mol. The molecule has 20 heavy (non-hydrogen) atoms. The number of benzene rings is 1. The van der Waals surface area contributed by atoms with E-state index >= 15 is 0 Å². The summed E-state index contributed by atoms with van der Waals surface area (Å²) in [6.07, 6.45) is -2.42. The second-order valence-corrected chi connectivity index (χ2v) is 4.35. The molecule has 0 aliphatic carbocycles. The van der Waals surface area contributed by atoms with E-state index in [4.69, 9.17) is 10.3 Å². The second kappa shape index (κ2) is 7.06. The van der Waals surface area contributed by atoms with Crippen LogP contribution in [0.4, 0.5) is 8.78 Å². The van der Waals surface area contributed by atoms with Crippen molar-refractivity contribution in [3.8, 4) is 0 Å². The molecular weight excluding hydrogens is 266 g/mol. The third-order valence-corrected chi connectivity index (χ3v) is 2.70. The summed E-state index contributed by atoms with van der Waals surface area (Å²) in [5, 5.41) is 3.72. The van der Waals surface area contributed by atoms with Gasteiger partial charge < -0.3 is 10.3 Å². The van der Waals surface area contributed by atoms with E-state index in [0.717, 1.165) is 5.56 Å². The molecule has 0 saturated carbocycles. The van der Waals surface area contributed by atoms with Crippen LogP contribution in [0.15, 0.2) is 34.9 Å². The van der Waals surface area contributed by atoms with Crippen molar-refractivity contribution in [3.63, 3.8) is 0 Å². The molecule has 1 aromatic heterocycles. The lowest BCUT2D eigenvalue weighted by Crippen LogP contribution is -2.28. The van der Waals surface area contributed by atoms with Gasteiger partial charge in [-0.05, 0) is 5.56 Å². The number of rotatable bonds is 7. The molecule has 0 spiro atoms. The minimum absolute atomic E-state index is 0.139. The average Bonchev–Trinajstić information content (AvgIpc) is 2.87. The van der Waals surface area contributed by atoms with E-state index in [1.54, 1.807) is 4.90 Å². The molecule has 0 bridgehead atoms. The van der Waals surface area contributed by atoms with Crippen molar-refractivity contribution in [2.45, 2.75) is 26.1 Å². The molecule has 0 fully saturated rings. The van der Waals surface area contributed by atoms with Crippen molar-refractivity contribution in [1.29, 1.82) is 0 Å². The zero-order valence-corrected chi connectivity index (χ0v) is 10.9. The molecule has 0 atom stereocenters. The quantitative estimate of drug-likeness (QED) is 0.838. The predicted molar refractivity (Wildman–Crippen MR) is 68.7 cm³/mol. The molecule has 0 aliphatic rings. The van der Waals surface area contributed by atoms with Crippen LogP contribution in [0.1, 0.15) is 17.3 Å². The second-order valence-electron chi connectivity index (χ2n) is 4.35. The van der Waals surface area contributed by atoms with Crippen molar-refractivity contribution < 1.29 is 13.3 Å². The van der Waals surface area contributed by atoms with E-state index in [1.807, 2.05) is 30.3 Å². The molecule has 0 amide bonds. The van der Waals surface area contributed by atoms with Crippen LogP contribution in [0.5, 0.6) is 0 Å². The summed E-state index contributed by atoms with van der Waals surface area (Å²) >= 11 is 0. The van der Waals surface area contributed by atoms with Crippen LogP contribution in [0, 0.1) is 0 Å². The smallest absolute Gasteiger partial charge is 0.251 e. The summed E-state index contributed by atoms with van der Waals surface area (Å²) in [5.74, 6) is 0.665. The van der Waals surface area contributed by atoms with Crippen molar-refractivity contribution in [1.82, 2.24) is 15.0 Å². The fourth-order valence-corrected chi connectivity index (χ4v) is 1.86. The van der Waals surface area contributed by atoms with Crippen LogP contribution < -0.4 is 5.73 Å². The van der Waals surface area contributed by atoms with Gasteiger partial charge in [0, 0.05) is 6.54 Å². The number of halogens is 2. The van der Waals surface area contributed by atoms with Gasteiger partial charge in [0.15, 0.2) is 5.82 Å². The van der Waals surface area contributed by atoms with Crippen LogP contribution in [0.3, 0.4) is 0 Å². The minimum atomic E-state index is -2.42. The first kappa shape index (κ1) is 14.5. The standard InChI is InChI=1S/C13H16F2N4O/c14-11(15)8-19(7-10-4-2-1-3-5-10)9-12-17-13(6-16)20-18-12/h1-5,11H,6-9,16H2. The molecule has 2 rings (SSSR count). The molecule has 0 radical (unpaired) electrons. The summed E-state index contributed by atoms with van der Waals surface area (Å²) < 4.78 is 30.1. The number of nitrogens with zero attached hydrogens (tertiary/aromatic N) is 3. The molecule has 0 saturated heterocycles. The van der Waals surface area contributed by atoms with Gasteiger partial charge >= 0.3 is 0 Å². The van der Waals surface area contributed by atoms with Crippen LogP contribution >= 0.6 is 0 Å². The Kier molecular flexibility index (Phi) is 5.14. The molecule has 7 heteroatoms. The topological polar surface area (TPSA) is 68.2 Å². The molecular formula is C13H16F2N4O. The fourth-order valence-electron chi connectivity index (χ4n) is 1.86. The number of aromatic nitrogens is 2. The van der Waals surface area contributed by atoms with Gasteiger partial charge in [0.05, 0.1) is 19.6 Å². The summed E-state index contributed by atoms with van der Waals surface area (Å²) in [4.78, 5) is 5.60. The van der Waals surface area contributed by atoms with Gasteiger partial charge in [-0.1, -0.05) is 35.5 Å². The summed E-state index contributed by atoms with van der Waals surface area (Å²) in [7, 11) is 0. The predicted octanol–water partition coefficient (Wildman–Crippen LogP) is 1.80. The maximum absolute atomic E-state index is 12.6. The van der Waals surface area contributed by atoms with Gasteiger partial charge in [-0.3, -0.25) is 4.90 Å². The molecule has 2 N–H and O–H groups in total. The van der Waals surface area contributed by atoms with E-state index in [1.165, 1.54) is 0 Å². The monoisotopic (exact) mass is 282 g/mol. The van der Waals surface area contributed by atoms with Crippen LogP contribution in [-0.4, -0.2) is 28.0 Å². The molecule has 1 heterocycles. The Balaban J connectivity index is 2.03. The molecule has 0 unspecified atom stereocenters. The highest BCUT2D eigenvalue weighted by Gasteiger charge is 2.16. The molecule has 1 aromatic carbocycles. The Morgan fingerprint density at radius 3 is 2.55 bits per heavy atom. The highest BCUT2D eigenvalue weighted by molar-refractivity contribution is 5.14. The first-order valence-electron chi connectivity index (χ1n) is 6.23. The van der Waals surface area contributed by atoms with Crippen molar-refractivity contribution in [2.24, 2.45) is 5.73 Å². The molecule has 108 valence electrons. The SMILES string of the molecule is NCc1nc(CN(Cc2ccccc2)CC(F)F)no1. The van der Waals surface area contributed by atoms with Crippen molar-refractivity contribution >= 4 is 0 Å². The normalized spacial score (nSPS) is 11.4. The molecule has 2 aromatic rings. The Morgan fingerprint density at radius 2 is 1.95 bits per heavy atom. The van der Waals surface area contributed by atoms with E-state index in [2.05, 4.69) is 10.1 Å². The Bertz CT molecular complexity index is 518. The highest BCUT2D eigenvalue weighted by atomic mass is 19.3. The summed E-state index contributed by atoms with van der Waals surface area (Å²) in [5.41, 5.74) is 6.32. The van der Waals surface area contributed by atoms with Gasteiger partial charge in [0.25, 0.3) is 6.43 Å². The number of hydrogen-bond donors (Lipinski definition) is 1. The number of nitrogens with two attached hydrogens (primary N) is 1. The Hall–Kier alpha value is -1.86. The first-order chi connectivity index (χ1) is 9.67. The Labute approximate surface area is 115 Å². The third kappa shape index (κ3) is 4.36. The van der Waals surface area contributed by atoms with Crippen molar-refractivity contribution in [2.75, 3.05) is 6.54 Å². The van der Waals surface area contributed by atoms with E-state index in [-0.39, 0.29) is 19.6 Å².